The van der Waals surface area contributed by atoms with Crippen molar-refractivity contribution in [1.82, 2.24) is 15.2 Å². The number of cyclic esters (lactones) is 1. The molecule has 0 spiro atoms. The van der Waals surface area contributed by atoms with Crippen LogP contribution in [0, 0.1) is 0 Å². The number of carbonyl (C=O) groups is 2. The van der Waals surface area contributed by atoms with Crippen molar-refractivity contribution in [3.63, 3.8) is 0 Å². The smallest absolute Gasteiger partial charge is 0.410 e. The van der Waals surface area contributed by atoms with Crippen molar-refractivity contribution in [2.75, 3.05) is 20.3 Å². The zero-order valence-corrected chi connectivity index (χ0v) is 14.6. The topological polar surface area (TPSA) is 80.8 Å². The second-order valence-corrected chi connectivity index (χ2v) is 5.93. The van der Waals surface area contributed by atoms with Crippen LogP contribution in [0.3, 0.4) is 0 Å². The summed E-state index contributed by atoms with van der Waals surface area (Å²) in [6.07, 6.45) is 3.65. The van der Waals surface area contributed by atoms with E-state index in [1.54, 1.807) is 19.5 Å². The molecule has 7 nitrogen and oxygen atoms in total. The Balaban J connectivity index is 1.60. The molecule has 1 N–H and O–H groups in total. The third-order valence-electron chi connectivity index (χ3n) is 4.25. The van der Waals surface area contributed by atoms with Crippen LogP contribution >= 0.6 is 0 Å². The zero-order valence-electron chi connectivity index (χ0n) is 14.6. The highest BCUT2D eigenvalue weighted by Gasteiger charge is 2.38. The Hall–Kier alpha value is -3.09. The molecule has 7 heteroatoms. The predicted octanol–water partition coefficient (Wildman–Crippen LogP) is 1.77. The number of nitrogens with one attached hydrogen (secondary N) is 1. The Morgan fingerprint density at radius 3 is 2.96 bits per heavy atom. The summed E-state index contributed by atoms with van der Waals surface area (Å²) < 4.78 is 10.4. The Morgan fingerprint density at radius 2 is 2.19 bits per heavy atom. The summed E-state index contributed by atoms with van der Waals surface area (Å²) in [6.45, 7) is 0.772. The Morgan fingerprint density at radius 1 is 1.35 bits per heavy atom. The van der Waals surface area contributed by atoms with Gasteiger partial charge < -0.3 is 14.8 Å². The molecule has 1 aromatic heterocycles. The van der Waals surface area contributed by atoms with Gasteiger partial charge in [0.2, 0.25) is 5.91 Å². The number of amides is 2. The van der Waals surface area contributed by atoms with Crippen molar-refractivity contribution in [3.05, 3.63) is 59.9 Å². The van der Waals surface area contributed by atoms with Crippen molar-refractivity contribution in [1.29, 1.82) is 0 Å². The van der Waals surface area contributed by atoms with E-state index in [0.717, 1.165) is 11.1 Å². The number of pyridine rings is 1. The second kappa shape index (κ2) is 8.33. The van der Waals surface area contributed by atoms with E-state index < -0.39 is 12.1 Å². The minimum absolute atomic E-state index is 0.0483. The van der Waals surface area contributed by atoms with Crippen LogP contribution in [0.4, 0.5) is 4.79 Å². The minimum Gasteiger partial charge on any atom is -0.496 e. The number of hydrogen-bond acceptors (Lipinski definition) is 5. The maximum Gasteiger partial charge on any atom is 0.410 e. The number of rotatable bonds is 7. The fraction of sp³-hybridized carbons (Fsp3) is 0.316. The number of hydrogen-bond donors (Lipinski definition) is 1. The largest absolute Gasteiger partial charge is 0.496 e. The molecule has 0 saturated carbocycles. The molecule has 1 aromatic carbocycles. The second-order valence-electron chi connectivity index (χ2n) is 5.93. The summed E-state index contributed by atoms with van der Waals surface area (Å²) in [4.78, 5) is 30.0. The van der Waals surface area contributed by atoms with E-state index in [1.165, 1.54) is 4.90 Å². The summed E-state index contributed by atoms with van der Waals surface area (Å²) in [6, 6.07) is 10.6. The molecule has 2 aromatic rings. The fourth-order valence-electron chi connectivity index (χ4n) is 2.85. The molecule has 1 aliphatic rings. The molecule has 26 heavy (non-hydrogen) atoms. The van der Waals surface area contributed by atoms with Crippen LogP contribution in [0.25, 0.3) is 0 Å². The molecule has 2 heterocycles. The first-order valence-corrected chi connectivity index (χ1v) is 8.41. The van der Waals surface area contributed by atoms with E-state index in [0.29, 0.717) is 18.7 Å². The first kappa shape index (κ1) is 17.7. The molecule has 1 atom stereocenters. The molecule has 1 aliphatic heterocycles. The van der Waals surface area contributed by atoms with Gasteiger partial charge in [-0.05, 0) is 24.1 Å². The van der Waals surface area contributed by atoms with E-state index >= 15 is 0 Å². The summed E-state index contributed by atoms with van der Waals surface area (Å²) in [5, 5.41) is 2.87. The number of para-hydroxylation sites is 1. The van der Waals surface area contributed by atoms with Gasteiger partial charge in [-0.1, -0.05) is 24.3 Å². The Labute approximate surface area is 151 Å². The highest BCUT2D eigenvalue weighted by Crippen LogP contribution is 2.23. The van der Waals surface area contributed by atoms with Gasteiger partial charge in [0.15, 0.2) is 0 Å². The lowest BCUT2D eigenvalue weighted by Crippen LogP contribution is -2.45. The lowest BCUT2D eigenvalue weighted by molar-refractivity contribution is -0.124. The average molecular weight is 355 g/mol. The molecule has 136 valence electrons. The average Bonchev–Trinajstić information content (AvgIpc) is 3.03. The van der Waals surface area contributed by atoms with Gasteiger partial charge in [0.05, 0.1) is 13.7 Å². The third kappa shape index (κ3) is 4.11. The lowest BCUT2D eigenvalue weighted by Gasteiger charge is -2.21. The van der Waals surface area contributed by atoms with Gasteiger partial charge in [-0.15, -0.1) is 0 Å². The summed E-state index contributed by atoms with van der Waals surface area (Å²) >= 11 is 0. The number of carbonyl (C=O) groups excluding carboxylic acids is 2. The standard InChI is InChI=1S/C19H21N3O4/c1-25-17-7-3-2-6-15(17)12-22-16(13-26-19(22)24)18(23)21-10-8-14-5-4-9-20-11-14/h2-7,9,11,16H,8,10,12-13H2,1H3,(H,21,23)/t16-/m0/s1. The molecule has 0 radical (unpaired) electrons. The van der Waals surface area contributed by atoms with Gasteiger partial charge in [0.1, 0.15) is 18.4 Å². The summed E-state index contributed by atoms with van der Waals surface area (Å²) in [5.41, 5.74) is 1.86. The first-order valence-electron chi connectivity index (χ1n) is 8.41. The predicted molar refractivity (Wildman–Crippen MR) is 94.6 cm³/mol. The fourth-order valence-corrected chi connectivity index (χ4v) is 2.85. The number of nitrogens with zero attached hydrogens (tertiary/aromatic N) is 2. The van der Waals surface area contributed by atoms with Crippen molar-refractivity contribution in [2.24, 2.45) is 0 Å². The first-order chi connectivity index (χ1) is 12.7. The van der Waals surface area contributed by atoms with Crippen molar-refractivity contribution in [3.8, 4) is 5.75 Å². The zero-order chi connectivity index (χ0) is 18.4. The third-order valence-corrected chi connectivity index (χ3v) is 4.25. The van der Waals surface area contributed by atoms with Crippen LogP contribution in [0.15, 0.2) is 48.8 Å². The van der Waals surface area contributed by atoms with Crippen LogP contribution in [-0.4, -0.2) is 48.2 Å². The molecule has 2 amide bonds. The Kier molecular flexibility index (Phi) is 5.68. The van der Waals surface area contributed by atoms with Crippen LogP contribution in [0.2, 0.25) is 0 Å². The molecule has 1 fully saturated rings. The highest BCUT2D eigenvalue weighted by molar-refractivity contribution is 5.87. The molecular formula is C19H21N3O4. The van der Waals surface area contributed by atoms with E-state index in [-0.39, 0.29) is 19.1 Å². The molecule has 0 bridgehead atoms. The number of ether oxygens (including phenoxy) is 2. The SMILES string of the molecule is COc1ccccc1CN1C(=O)OC[C@H]1C(=O)NCCc1cccnc1. The van der Waals surface area contributed by atoms with Gasteiger partial charge in [-0.25, -0.2) is 4.79 Å². The highest BCUT2D eigenvalue weighted by atomic mass is 16.6. The maximum atomic E-state index is 12.5. The van der Waals surface area contributed by atoms with Gasteiger partial charge in [0.25, 0.3) is 0 Å². The quantitative estimate of drug-likeness (QED) is 0.819. The van der Waals surface area contributed by atoms with E-state index in [2.05, 4.69) is 10.3 Å². The van der Waals surface area contributed by atoms with Gasteiger partial charge >= 0.3 is 6.09 Å². The molecule has 3 rings (SSSR count). The van der Waals surface area contributed by atoms with Crippen LogP contribution in [-0.2, 0) is 22.5 Å². The van der Waals surface area contributed by atoms with E-state index in [4.69, 9.17) is 9.47 Å². The maximum absolute atomic E-state index is 12.5. The van der Waals surface area contributed by atoms with Crippen LogP contribution in [0.1, 0.15) is 11.1 Å². The van der Waals surface area contributed by atoms with Gasteiger partial charge in [-0.3, -0.25) is 14.7 Å². The van der Waals surface area contributed by atoms with Crippen molar-refractivity contribution in [2.45, 2.75) is 19.0 Å². The molecule has 0 unspecified atom stereocenters. The number of benzene rings is 1. The van der Waals surface area contributed by atoms with Crippen LogP contribution < -0.4 is 10.1 Å². The normalized spacial score (nSPS) is 16.3. The Bertz CT molecular complexity index is 766. The molecule has 1 saturated heterocycles. The monoisotopic (exact) mass is 355 g/mol. The lowest BCUT2D eigenvalue weighted by atomic mass is 10.1. The van der Waals surface area contributed by atoms with Gasteiger partial charge in [-0.2, -0.15) is 0 Å². The van der Waals surface area contributed by atoms with Crippen molar-refractivity contribution < 1.29 is 19.1 Å². The van der Waals surface area contributed by atoms with Gasteiger partial charge in [0, 0.05) is 24.5 Å². The minimum atomic E-state index is -0.652. The van der Waals surface area contributed by atoms with E-state index in [1.807, 2.05) is 36.4 Å². The number of aromatic nitrogens is 1. The molecular weight excluding hydrogens is 334 g/mol. The summed E-state index contributed by atoms with van der Waals surface area (Å²) in [7, 11) is 1.57. The number of methoxy groups -OCH3 is 1. The van der Waals surface area contributed by atoms with Crippen LogP contribution in [0.5, 0.6) is 5.75 Å². The van der Waals surface area contributed by atoms with Crippen molar-refractivity contribution >= 4 is 12.0 Å². The molecule has 0 aliphatic carbocycles. The summed E-state index contributed by atoms with van der Waals surface area (Å²) in [5.74, 6) is 0.442. The van der Waals surface area contributed by atoms with E-state index in [9.17, 15) is 9.59 Å².